The van der Waals surface area contributed by atoms with Crippen LogP contribution in [0, 0.1) is 0 Å². The number of hydrogen-bond donors (Lipinski definition) is 1. The number of nitrogens with zero attached hydrogens (tertiary/aromatic N) is 2. The molecule has 1 heterocycles. The molecule has 0 bridgehead atoms. The molecular formula is C12H23N3O2. The zero-order valence-corrected chi connectivity index (χ0v) is 11.2. The Balaban J connectivity index is 2.71. The van der Waals surface area contributed by atoms with E-state index in [1.54, 1.807) is 23.9 Å². The number of piperidine rings is 1. The summed E-state index contributed by atoms with van der Waals surface area (Å²) in [5.74, 6) is 0.0571. The van der Waals surface area contributed by atoms with Crippen molar-refractivity contribution < 1.29 is 9.59 Å². The summed E-state index contributed by atoms with van der Waals surface area (Å²) in [5.41, 5.74) is 0. The van der Waals surface area contributed by atoms with Crippen molar-refractivity contribution >= 4 is 11.8 Å². The Morgan fingerprint density at radius 1 is 1.65 bits per heavy atom. The summed E-state index contributed by atoms with van der Waals surface area (Å²) >= 11 is 0. The number of carbonyl (C=O) groups excluding carboxylic acids is 2. The first kappa shape index (κ1) is 14.0. The molecule has 0 aliphatic carbocycles. The van der Waals surface area contributed by atoms with E-state index in [1.165, 1.54) is 0 Å². The molecule has 5 heteroatoms. The van der Waals surface area contributed by atoms with E-state index >= 15 is 0 Å². The molecule has 0 radical (unpaired) electrons. The lowest BCUT2D eigenvalue weighted by Crippen LogP contribution is -2.56. The minimum absolute atomic E-state index is 0.0117. The molecule has 0 aromatic heterocycles. The van der Waals surface area contributed by atoms with Crippen molar-refractivity contribution in [1.82, 2.24) is 15.1 Å². The number of nitrogens with one attached hydrogen (secondary N) is 1. The van der Waals surface area contributed by atoms with Gasteiger partial charge < -0.3 is 15.1 Å². The third-order valence-corrected chi connectivity index (χ3v) is 3.50. The van der Waals surface area contributed by atoms with Crippen molar-refractivity contribution in [2.24, 2.45) is 0 Å². The molecular weight excluding hydrogens is 218 g/mol. The third kappa shape index (κ3) is 2.97. The van der Waals surface area contributed by atoms with Gasteiger partial charge in [-0.25, -0.2) is 0 Å². The van der Waals surface area contributed by atoms with Crippen LogP contribution in [0.15, 0.2) is 0 Å². The van der Waals surface area contributed by atoms with Gasteiger partial charge in [-0.3, -0.25) is 9.59 Å². The van der Waals surface area contributed by atoms with Gasteiger partial charge in [0.15, 0.2) is 0 Å². The summed E-state index contributed by atoms with van der Waals surface area (Å²) in [6.45, 7) is 5.09. The number of hydrogen-bond acceptors (Lipinski definition) is 3. The number of amides is 2. The minimum Gasteiger partial charge on any atom is -0.344 e. The molecule has 17 heavy (non-hydrogen) atoms. The van der Waals surface area contributed by atoms with Gasteiger partial charge in [0.05, 0.1) is 6.04 Å². The summed E-state index contributed by atoms with van der Waals surface area (Å²) in [6.07, 6.45) is 1.81. The Morgan fingerprint density at radius 3 is 2.82 bits per heavy atom. The predicted molar refractivity (Wildman–Crippen MR) is 66.6 cm³/mol. The van der Waals surface area contributed by atoms with E-state index in [1.807, 2.05) is 13.8 Å². The summed E-state index contributed by atoms with van der Waals surface area (Å²) < 4.78 is 0. The fraction of sp³-hybridized carbons (Fsp3) is 0.833. The fourth-order valence-electron chi connectivity index (χ4n) is 2.16. The van der Waals surface area contributed by atoms with Crippen molar-refractivity contribution in [2.45, 2.75) is 38.8 Å². The topological polar surface area (TPSA) is 52.7 Å². The van der Waals surface area contributed by atoms with E-state index in [0.717, 1.165) is 12.8 Å². The molecule has 98 valence electrons. The van der Waals surface area contributed by atoms with Crippen molar-refractivity contribution in [3.05, 3.63) is 0 Å². The van der Waals surface area contributed by atoms with Crippen LogP contribution in [0.2, 0.25) is 0 Å². The standard InChI is InChI=1S/C12H23N3O2/c1-5-14(4)11(16)9(2)15-8-6-7-10(13-3)12(15)17/h9-10,13H,5-8H2,1-4H3. The highest BCUT2D eigenvalue weighted by Crippen LogP contribution is 2.15. The van der Waals surface area contributed by atoms with Crippen LogP contribution >= 0.6 is 0 Å². The maximum absolute atomic E-state index is 12.1. The first-order valence-electron chi connectivity index (χ1n) is 6.25. The van der Waals surface area contributed by atoms with Crippen LogP contribution in [0.3, 0.4) is 0 Å². The molecule has 0 aromatic rings. The van der Waals surface area contributed by atoms with Crippen LogP contribution in [-0.4, -0.2) is 60.9 Å². The molecule has 2 amide bonds. The van der Waals surface area contributed by atoms with Gasteiger partial charge in [0.2, 0.25) is 11.8 Å². The molecule has 1 N–H and O–H groups in total. The summed E-state index contributed by atoms with van der Waals surface area (Å²) in [4.78, 5) is 27.5. The molecule has 1 rings (SSSR count). The lowest BCUT2D eigenvalue weighted by Gasteiger charge is -2.36. The zero-order valence-electron chi connectivity index (χ0n) is 11.2. The highest BCUT2D eigenvalue weighted by molar-refractivity contribution is 5.89. The molecule has 1 aliphatic heterocycles. The van der Waals surface area contributed by atoms with Gasteiger partial charge in [-0.05, 0) is 33.7 Å². The number of likely N-dealkylation sites (N-methyl/N-ethyl adjacent to an activating group) is 2. The average molecular weight is 241 g/mol. The van der Waals surface area contributed by atoms with Crippen LogP contribution < -0.4 is 5.32 Å². The van der Waals surface area contributed by atoms with E-state index in [9.17, 15) is 9.59 Å². The SMILES string of the molecule is CCN(C)C(=O)C(C)N1CCCC(NC)C1=O. The van der Waals surface area contributed by atoms with Gasteiger partial charge in [0, 0.05) is 20.1 Å². The molecule has 2 atom stereocenters. The van der Waals surface area contributed by atoms with Crippen molar-refractivity contribution in [1.29, 1.82) is 0 Å². The highest BCUT2D eigenvalue weighted by atomic mass is 16.2. The lowest BCUT2D eigenvalue weighted by atomic mass is 10.0. The average Bonchev–Trinajstić information content (AvgIpc) is 2.36. The van der Waals surface area contributed by atoms with Crippen molar-refractivity contribution in [2.75, 3.05) is 27.2 Å². The maximum Gasteiger partial charge on any atom is 0.244 e. The normalized spacial score (nSPS) is 22.5. The second-order valence-corrected chi connectivity index (χ2v) is 4.54. The highest BCUT2D eigenvalue weighted by Gasteiger charge is 2.34. The number of likely N-dealkylation sites (tertiary alicyclic amines) is 1. The van der Waals surface area contributed by atoms with Gasteiger partial charge in [-0.1, -0.05) is 0 Å². The van der Waals surface area contributed by atoms with E-state index < -0.39 is 0 Å². The van der Waals surface area contributed by atoms with Crippen LogP contribution in [0.4, 0.5) is 0 Å². The largest absolute Gasteiger partial charge is 0.344 e. The molecule has 1 saturated heterocycles. The van der Waals surface area contributed by atoms with Gasteiger partial charge >= 0.3 is 0 Å². The summed E-state index contributed by atoms with van der Waals surface area (Å²) in [5, 5.41) is 3.00. The maximum atomic E-state index is 12.1. The van der Waals surface area contributed by atoms with E-state index in [4.69, 9.17) is 0 Å². The van der Waals surface area contributed by atoms with E-state index in [0.29, 0.717) is 13.1 Å². The molecule has 1 fully saturated rings. The van der Waals surface area contributed by atoms with Crippen LogP contribution in [0.5, 0.6) is 0 Å². The van der Waals surface area contributed by atoms with Gasteiger partial charge in [-0.15, -0.1) is 0 Å². The Bertz CT molecular complexity index is 293. The minimum atomic E-state index is -0.358. The Kier molecular flexibility index (Phi) is 4.93. The Hall–Kier alpha value is -1.10. The molecule has 0 saturated carbocycles. The smallest absolute Gasteiger partial charge is 0.244 e. The lowest BCUT2D eigenvalue weighted by molar-refractivity contribution is -0.147. The number of carbonyl (C=O) groups is 2. The molecule has 1 aliphatic rings. The van der Waals surface area contributed by atoms with E-state index in [-0.39, 0.29) is 23.9 Å². The van der Waals surface area contributed by atoms with Crippen LogP contribution in [-0.2, 0) is 9.59 Å². The van der Waals surface area contributed by atoms with Gasteiger partial charge in [0.1, 0.15) is 6.04 Å². The zero-order chi connectivity index (χ0) is 13.0. The summed E-state index contributed by atoms with van der Waals surface area (Å²) in [6, 6.07) is -0.491. The fourth-order valence-corrected chi connectivity index (χ4v) is 2.16. The Morgan fingerprint density at radius 2 is 2.29 bits per heavy atom. The van der Waals surface area contributed by atoms with Gasteiger partial charge in [0.25, 0.3) is 0 Å². The Labute approximate surface area is 103 Å². The molecule has 0 spiro atoms. The van der Waals surface area contributed by atoms with Crippen LogP contribution in [0.25, 0.3) is 0 Å². The van der Waals surface area contributed by atoms with Crippen molar-refractivity contribution in [3.63, 3.8) is 0 Å². The van der Waals surface area contributed by atoms with Crippen LogP contribution in [0.1, 0.15) is 26.7 Å². The summed E-state index contributed by atoms with van der Waals surface area (Å²) in [7, 11) is 3.56. The monoisotopic (exact) mass is 241 g/mol. The first-order chi connectivity index (χ1) is 8.02. The third-order valence-electron chi connectivity index (χ3n) is 3.50. The number of rotatable bonds is 4. The second kappa shape index (κ2) is 6.00. The first-order valence-corrected chi connectivity index (χ1v) is 6.25. The quantitative estimate of drug-likeness (QED) is 0.757. The predicted octanol–water partition coefficient (Wildman–Crippen LogP) is 0.0636. The molecule has 0 aromatic carbocycles. The van der Waals surface area contributed by atoms with E-state index in [2.05, 4.69) is 5.32 Å². The molecule has 2 unspecified atom stereocenters. The van der Waals surface area contributed by atoms with Crippen molar-refractivity contribution in [3.8, 4) is 0 Å². The second-order valence-electron chi connectivity index (χ2n) is 4.54. The molecule has 5 nitrogen and oxygen atoms in total. The van der Waals surface area contributed by atoms with Gasteiger partial charge in [-0.2, -0.15) is 0 Å².